The molecule has 0 N–H and O–H groups in total. The fourth-order valence-corrected chi connectivity index (χ4v) is 3.34. The van der Waals surface area contributed by atoms with Gasteiger partial charge < -0.3 is 19.5 Å². The summed E-state index contributed by atoms with van der Waals surface area (Å²) in [7, 11) is 4.33. The Kier molecular flexibility index (Phi) is 7.04. The highest BCUT2D eigenvalue weighted by Gasteiger charge is 2.26. The topological polar surface area (TPSA) is 49.7 Å². The second-order valence-corrected chi connectivity index (χ2v) is 7.62. The van der Waals surface area contributed by atoms with E-state index in [1.807, 2.05) is 0 Å². The van der Waals surface area contributed by atoms with Gasteiger partial charge in [0.25, 0.3) is 0 Å². The average molecular weight is 338 g/mol. The minimum absolute atomic E-state index is 0.445. The highest BCUT2D eigenvalue weighted by Crippen LogP contribution is 2.19. The number of hydrogen-bond donors (Lipinski definition) is 0. The Labute approximate surface area is 146 Å². The van der Waals surface area contributed by atoms with Crippen molar-refractivity contribution in [1.82, 2.24) is 9.80 Å². The van der Waals surface area contributed by atoms with Crippen LogP contribution in [0.3, 0.4) is 0 Å². The number of rotatable bonds is 5. The Morgan fingerprint density at radius 1 is 0.792 bits per heavy atom. The molecule has 0 spiro atoms. The maximum atomic E-state index is 5.45. The van der Waals surface area contributed by atoms with E-state index in [1.165, 1.54) is 0 Å². The molecule has 2 aliphatic rings. The van der Waals surface area contributed by atoms with Crippen molar-refractivity contribution >= 4 is 11.4 Å². The maximum absolute atomic E-state index is 5.45. The lowest BCUT2D eigenvalue weighted by Crippen LogP contribution is -2.43. The first-order valence-electron chi connectivity index (χ1n) is 9.16. The fraction of sp³-hybridized carbons (Fsp3) is 0.889. The van der Waals surface area contributed by atoms with Crippen molar-refractivity contribution in [3.63, 3.8) is 0 Å². The van der Waals surface area contributed by atoms with Gasteiger partial charge in [0.05, 0.1) is 11.4 Å². The molecule has 0 radical (unpaired) electrons. The van der Waals surface area contributed by atoms with Gasteiger partial charge in [-0.05, 0) is 27.9 Å². The third-order valence-corrected chi connectivity index (χ3v) is 5.40. The van der Waals surface area contributed by atoms with Crippen LogP contribution in [0.15, 0.2) is 10.3 Å². The molecule has 0 saturated carbocycles. The van der Waals surface area contributed by atoms with Crippen molar-refractivity contribution in [2.24, 2.45) is 22.1 Å². The highest BCUT2D eigenvalue weighted by atomic mass is 16.7. The first-order valence-corrected chi connectivity index (χ1v) is 9.16. The van der Waals surface area contributed by atoms with Crippen LogP contribution < -0.4 is 0 Å². The van der Waals surface area contributed by atoms with Crippen molar-refractivity contribution in [3.8, 4) is 0 Å². The largest absolute Gasteiger partial charge is 0.392 e. The van der Waals surface area contributed by atoms with Crippen LogP contribution in [-0.2, 0) is 9.68 Å². The van der Waals surface area contributed by atoms with Crippen LogP contribution in [0.5, 0.6) is 0 Å². The van der Waals surface area contributed by atoms with Gasteiger partial charge in [0.1, 0.15) is 0 Å². The van der Waals surface area contributed by atoms with E-state index in [0.717, 1.165) is 37.4 Å². The van der Waals surface area contributed by atoms with Gasteiger partial charge in [0, 0.05) is 49.9 Å². The molecule has 0 aliphatic carbocycles. The molecule has 0 aromatic rings. The summed E-state index contributed by atoms with van der Waals surface area (Å²) in [4.78, 5) is 15.6. The zero-order chi connectivity index (χ0) is 17.7. The fourth-order valence-electron chi connectivity index (χ4n) is 3.34. The lowest BCUT2D eigenvalue weighted by atomic mass is 9.93. The van der Waals surface area contributed by atoms with Crippen LogP contribution in [0.1, 0.15) is 40.5 Å². The summed E-state index contributed by atoms with van der Waals surface area (Å²) in [6, 6.07) is 1.05. The van der Waals surface area contributed by atoms with E-state index in [1.54, 1.807) is 0 Å². The van der Waals surface area contributed by atoms with Gasteiger partial charge >= 0.3 is 0 Å². The third kappa shape index (κ3) is 5.18. The molecule has 0 aromatic heterocycles. The van der Waals surface area contributed by atoms with Crippen molar-refractivity contribution < 1.29 is 9.68 Å². The molecule has 0 amide bonds. The Bertz CT molecular complexity index is 424. The molecule has 24 heavy (non-hydrogen) atoms. The predicted molar refractivity (Wildman–Crippen MR) is 98.5 cm³/mol. The number of likely N-dealkylation sites (tertiary alicyclic amines) is 2. The first kappa shape index (κ1) is 19.2. The van der Waals surface area contributed by atoms with Gasteiger partial charge in [-0.2, -0.15) is 0 Å². The molecule has 0 bridgehead atoms. The second-order valence-electron chi connectivity index (χ2n) is 7.62. The van der Waals surface area contributed by atoms with E-state index < -0.39 is 0 Å². The summed E-state index contributed by atoms with van der Waals surface area (Å²) in [5.41, 5.74) is 2.31. The van der Waals surface area contributed by atoms with Gasteiger partial charge in [0.2, 0.25) is 0 Å². The minimum atomic E-state index is 0.445. The molecule has 0 aromatic carbocycles. The number of hydrogen-bond acceptors (Lipinski definition) is 6. The summed E-state index contributed by atoms with van der Waals surface area (Å²) >= 11 is 0. The summed E-state index contributed by atoms with van der Waals surface area (Å²) < 4.78 is 0. The van der Waals surface area contributed by atoms with Gasteiger partial charge in [-0.25, -0.2) is 0 Å². The summed E-state index contributed by atoms with van der Waals surface area (Å²) in [5, 5.41) is 8.65. The van der Waals surface area contributed by atoms with Crippen molar-refractivity contribution in [2.45, 2.75) is 52.6 Å². The number of nitrogens with zero attached hydrogens (tertiary/aromatic N) is 4. The zero-order valence-corrected chi connectivity index (χ0v) is 16.2. The van der Waals surface area contributed by atoms with Crippen LogP contribution in [0, 0.1) is 11.8 Å². The molecule has 2 aliphatic heterocycles. The molecular formula is C18H34N4O2. The second kappa shape index (κ2) is 8.81. The Hall–Kier alpha value is -1.14. The van der Waals surface area contributed by atoms with Crippen LogP contribution in [0.25, 0.3) is 0 Å². The van der Waals surface area contributed by atoms with E-state index in [0.29, 0.717) is 37.1 Å². The Morgan fingerprint density at radius 2 is 1.17 bits per heavy atom. The van der Waals surface area contributed by atoms with Crippen LogP contribution in [0.2, 0.25) is 0 Å². The maximum Gasteiger partial charge on any atom is 0.153 e. The molecule has 138 valence electrons. The first-order chi connectivity index (χ1) is 11.4. The van der Waals surface area contributed by atoms with E-state index in [9.17, 15) is 0 Å². The van der Waals surface area contributed by atoms with E-state index >= 15 is 0 Å². The van der Waals surface area contributed by atoms with Gasteiger partial charge in [-0.15, -0.1) is 0 Å². The lowest BCUT2D eigenvalue weighted by Gasteiger charge is -2.34. The molecule has 4 unspecified atom stereocenters. The summed E-state index contributed by atoms with van der Waals surface area (Å²) in [6.07, 6.45) is 1.95. The van der Waals surface area contributed by atoms with Crippen molar-refractivity contribution in [3.05, 3.63) is 0 Å². The molecule has 2 heterocycles. The normalized spacial score (nSPS) is 36.2. The average Bonchev–Trinajstić information content (AvgIpc) is 2.52. The summed E-state index contributed by atoms with van der Waals surface area (Å²) in [5.74, 6) is 0.905. The van der Waals surface area contributed by atoms with Crippen LogP contribution in [0.4, 0.5) is 0 Å². The van der Waals surface area contributed by atoms with E-state index in [2.05, 4.69) is 61.9 Å². The summed E-state index contributed by atoms with van der Waals surface area (Å²) in [6.45, 7) is 11.8. The smallest absolute Gasteiger partial charge is 0.153 e. The number of oxime groups is 2. The lowest BCUT2D eigenvalue weighted by molar-refractivity contribution is 0.0502. The molecule has 6 heteroatoms. The quantitative estimate of drug-likeness (QED) is 0.571. The standard InChI is InChI=1S/C18H34N4O2/c1-13-11-21(5)15(3)9-17(13)19-23-7-8-24-20-18-10-16(4)22(6)12-14(18)2/h13-16H,7-12H2,1-6H3. The van der Waals surface area contributed by atoms with Crippen molar-refractivity contribution in [2.75, 3.05) is 40.4 Å². The third-order valence-electron chi connectivity index (χ3n) is 5.40. The van der Waals surface area contributed by atoms with Crippen LogP contribution >= 0.6 is 0 Å². The van der Waals surface area contributed by atoms with Crippen LogP contribution in [-0.4, -0.2) is 73.7 Å². The van der Waals surface area contributed by atoms with Gasteiger partial charge in [-0.3, -0.25) is 0 Å². The predicted octanol–water partition coefficient (Wildman–Crippen LogP) is 2.45. The monoisotopic (exact) mass is 338 g/mol. The minimum Gasteiger partial charge on any atom is -0.392 e. The molecule has 2 saturated heterocycles. The molecule has 4 atom stereocenters. The molecule has 6 nitrogen and oxygen atoms in total. The van der Waals surface area contributed by atoms with Gasteiger partial charge in [0.15, 0.2) is 13.2 Å². The molecular weight excluding hydrogens is 304 g/mol. The Balaban J connectivity index is 1.69. The van der Waals surface area contributed by atoms with E-state index in [-0.39, 0.29) is 0 Å². The number of piperidine rings is 2. The van der Waals surface area contributed by atoms with E-state index in [4.69, 9.17) is 9.68 Å². The zero-order valence-electron chi connectivity index (χ0n) is 16.2. The molecule has 2 fully saturated rings. The Morgan fingerprint density at radius 3 is 1.54 bits per heavy atom. The highest BCUT2D eigenvalue weighted by molar-refractivity contribution is 5.87. The van der Waals surface area contributed by atoms with Crippen molar-refractivity contribution in [1.29, 1.82) is 0 Å². The SMILES string of the molecule is CC1CN(C)C(C)CC1=NOCCON=C1CC(C)N(C)CC1C. The van der Waals surface area contributed by atoms with Gasteiger partial charge in [-0.1, -0.05) is 24.2 Å². The molecule has 2 rings (SSSR count).